The van der Waals surface area contributed by atoms with Crippen molar-refractivity contribution in [2.75, 3.05) is 11.9 Å². The molecule has 1 aromatic rings. The summed E-state index contributed by atoms with van der Waals surface area (Å²) >= 11 is 1.30. The Morgan fingerprint density at radius 2 is 2.15 bits per heavy atom. The maximum absolute atomic E-state index is 12.3. The zero-order valence-electron chi connectivity index (χ0n) is 11.6. The molecule has 1 aliphatic carbocycles. The quantitative estimate of drug-likeness (QED) is 0.819. The van der Waals surface area contributed by atoms with Gasteiger partial charge in [0, 0.05) is 17.5 Å². The summed E-state index contributed by atoms with van der Waals surface area (Å²) in [5.74, 6) is -1.01. The Morgan fingerprint density at radius 1 is 1.50 bits per heavy atom. The Bertz CT molecular complexity index is 561. The lowest BCUT2D eigenvalue weighted by Gasteiger charge is -2.20. The molecule has 2 amide bonds. The van der Waals surface area contributed by atoms with Crippen molar-refractivity contribution in [3.05, 3.63) is 28.7 Å². The van der Waals surface area contributed by atoms with E-state index in [-0.39, 0.29) is 17.6 Å². The van der Waals surface area contributed by atoms with Gasteiger partial charge in [0.25, 0.3) is 0 Å². The molecule has 0 radical (unpaired) electrons. The molecule has 1 aliphatic rings. The van der Waals surface area contributed by atoms with Gasteiger partial charge in [-0.3, -0.25) is 5.32 Å². The molecule has 108 valence electrons. The maximum atomic E-state index is 12.3. The predicted octanol–water partition coefficient (Wildman–Crippen LogP) is 3.25. The molecule has 5 nitrogen and oxygen atoms in total. The number of anilines is 1. The molecule has 6 heteroatoms. The Balaban J connectivity index is 2.20. The summed E-state index contributed by atoms with van der Waals surface area (Å²) in [5.41, 5.74) is 0.898. The van der Waals surface area contributed by atoms with E-state index in [9.17, 15) is 14.7 Å². The SMILES string of the molecule is C=CCN(C(=O)Nc1sc(C)c(C)c1C(=O)O)C1CC1. The lowest BCUT2D eigenvalue weighted by Crippen LogP contribution is -2.36. The number of aryl methyl sites for hydroxylation is 1. The van der Waals surface area contributed by atoms with E-state index >= 15 is 0 Å². The van der Waals surface area contributed by atoms with Gasteiger partial charge >= 0.3 is 12.0 Å². The van der Waals surface area contributed by atoms with Crippen LogP contribution in [-0.4, -0.2) is 34.6 Å². The van der Waals surface area contributed by atoms with Crippen LogP contribution in [0.1, 0.15) is 33.6 Å². The number of rotatable bonds is 5. The van der Waals surface area contributed by atoms with Crippen LogP contribution in [0.15, 0.2) is 12.7 Å². The summed E-state index contributed by atoms with van der Waals surface area (Å²) in [6, 6.07) is -0.000385. The largest absolute Gasteiger partial charge is 0.478 e. The van der Waals surface area contributed by atoms with Crippen molar-refractivity contribution >= 4 is 28.3 Å². The van der Waals surface area contributed by atoms with Gasteiger partial charge in [0.05, 0.1) is 5.56 Å². The second-order valence-corrected chi connectivity index (χ2v) is 6.12. The van der Waals surface area contributed by atoms with Crippen molar-refractivity contribution in [1.82, 2.24) is 4.90 Å². The molecular formula is C14H18N2O3S. The number of hydrogen-bond donors (Lipinski definition) is 2. The molecule has 0 spiro atoms. The molecule has 0 saturated heterocycles. The van der Waals surface area contributed by atoms with E-state index in [4.69, 9.17) is 0 Å². The highest BCUT2D eigenvalue weighted by molar-refractivity contribution is 7.16. The molecule has 1 saturated carbocycles. The highest BCUT2D eigenvalue weighted by atomic mass is 32.1. The predicted molar refractivity (Wildman–Crippen MR) is 79.7 cm³/mol. The smallest absolute Gasteiger partial charge is 0.338 e. The molecule has 0 bridgehead atoms. The first-order chi connectivity index (χ1) is 9.45. The summed E-state index contributed by atoms with van der Waals surface area (Å²) in [7, 11) is 0. The van der Waals surface area contributed by atoms with Crippen LogP contribution in [-0.2, 0) is 0 Å². The van der Waals surface area contributed by atoms with Crippen LogP contribution in [0.2, 0.25) is 0 Å². The fraction of sp³-hybridized carbons (Fsp3) is 0.429. The van der Waals surface area contributed by atoms with Crippen LogP contribution in [0.3, 0.4) is 0 Å². The van der Waals surface area contributed by atoms with Gasteiger partial charge in [-0.2, -0.15) is 0 Å². The third-order valence-corrected chi connectivity index (χ3v) is 4.52. The van der Waals surface area contributed by atoms with Crippen molar-refractivity contribution < 1.29 is 14.7 Å². The van der Waals surface area contributed by atoms with Crippen LogP contribution in [0.4, 0.5) is 9.80 Å². The number of nitrogens with zero attached hydrogens (tertiary/aromatic N) is 1. The molecule has 2 rings (SSSR count). The third kappa shape index (κ3) is 2.85. The number of carboxylic acid groups (broad SMARTS) is 1. The van der Waals surface area contributed by atoms with Gasteiger partial charge in [0.1, 0.15) is 5.00 Å². The number of carbonyl (C=O) groups excluding carboxylic acids is 1. The summed E-state index contributed by atoms with van der Waals surface area (Å²) < 4.78 is 0. The van der Waals surface area contributed by atoms with Crippen LogP contribution in [0.25, 0.3) is 0 Å². The molecule has 1 heterocycles. The standard InChI is InChI=1S/C14H18N2O3S/c1-4-7-16(10-5-6-10)14(19)15-12-11(13(17)18)8(2)9(3)20-12/h4,10H,1,5-7H2,2-3H3,(H,15,19)(H,17,18). The first kappa shape index (κ1) is 14.6. The molecule has 0 aliphatic heterocycles. The first-order valence-electron chi connectivity index (χ1n) is 6.47. The van der Waals surface area contributed by atoms with E-state index in [1.165, 1.54) is 11.3 Å². The van der Waals surface area contributed by atoms with E-state index in [0.29, 0.717) is 17.1 Å². The van der Waals surface area contributed by atoms with Crippen LogP contribution < -0.4 is 5.32 Å². The van der Waals surface area contributed by atoms with Crippen molar-refractivity contribution in [1.29, 1.82) is 0 Å². The first-order valence-corrected chi connectivity index (χ1v) is 7.29. The lowest BCUT2D eigenvalue weighted by atomic mass is 10.1. The van der Waals surface area contributed by atoms with Crippen LogP contribution in [0, 0.1) is 13.8 Å². The van der Waals surface area contributed by atoms with Gasteiger partial charge in [0.15, 0.2) is 0 Å². The number of urea groups is 1. The minimum absolute atomic E-state index is 0.190. The Kier molecular flexibility index (Phi) is 4.13. The van der Waals surface area contributed by atoms with Gasteiger partial charge in [0.2, 0.25) is 0 Å². The minimum Gasteiger partial charge on any atom is -0.478 e. The van der Waals surface area contributed by atoms with Gasteiger partial charge in [-0.1, -0.05) is 6.08 Å². The molecule has 1 fully saturated rings. The number of carboxylic acids is 1. The zero-order valence-corrected chi connectivity index (χ0v) is 12.4. The number of hydrogen-bond acceptors (Lipinski definition) is 3. The molecule has 1 aromatic heterocycles. The second kappa shape index (κ2) is 5.66. The fourth-order valence-electron chi connectivity index (χ4n) is 2.06. The maximum Gasteiger partial charge on any atom is 0.338 e. The zero-order chi connectivity index (χ0) is 14.9. The van der Waals surface area contributed by atoms with E-state index in [1.54, 1.807) is 17.9 Å². The molecule has 0 aromatic carbocycles. The Morgan fingerprint density at radius 3 is 2.65 bits per heavy atom. The molecule has 0 unspecified atom stereocenters. The molecule has 20 heavy (non-hydrogen) atoms. The second-order valence-electron chi connectivity index (χ2n) is 4.89. The van der Waals surface area contributed by atoms with E-state index < -0.39 is 5.97 Å². The van der Waals surface area contributed by atoms with Crippen molar-refractivity contribution in [3.8, 4) is 0 Å². The normalized spacial score (nSPS) is 13.9. The minimum atomic E-state index is -1.01. The number of carbonyl (C=O) groups is 2. The van der Waals surface area contributed by atoms with Gasteiger partial charge in [-0.25, -0.2) is 9.59 Å². The van der Waals surface area contributed by atoms with Gasteiger partial charge < -0.3 is 10.0 Å². The summed E-state index contributed by atoms with van der Waals surface area (Å²) in [6.45, 7) is 7.73. The Labute approximate surface area is 121 Å². The Hall–Kier alpha value is -1.82. The highest BCUT2D eigenvalue weighted by Gasteiger charge is 2.32. The number of amides is 2. The van der Waals surface area contributed by atoms with Crippen LogP contribution in [0.5, 0.6) is 0 Å². The third-order valence-electron chi connectivity index (χ3n) is 3.39. The van der Waals surface area contributed by atoms with E-state index in [1.807, 2.05) is 6.92 Å². The molecule has 2 N–H and O–H groups in total. The topological polar surface area (TPSA) is 69.6 Å². The number of aromatic carboxylic acids is 1. The van der Waals surface area contributed by atoms with Gasteiger partial charge in [-0.15, -0.1) is 17.9 Å². The lowest BCUT2D eigenvalue weighted by molar-refractivity contribution is 0.0697. The van der Waals surface area contributed by atoms with Crippen molar-refractivity contribution in [2.45, 2.75) is 32.7 Å². The van der Waals surface area contributed by atoms with Gasteiger partial charge in [-0.05, 0) is 32.3 Å². The number of thiophene rings is 1. The summed E-state index contributed by atoms with van der Waals surface area (Å²) in [4.78, 5) is 26.2. The monoisotopic (exact) mass is 294 g/mol. The number of nitrogens with one attached hydrogen (secondary N) is 1. The molecule has 0 atom stereocenters. The summed E-state index contributed by atoms with van der Waals surface area (Å²) in [5, 5.41) is 12.4. The highest BCUT2D eigenvalue weighted by Crippen LogP contribution is 2.33. The van der Waals surface area contributed by atoms with E-state index in [2.05, 4.69) is 11.9 Å². The van der Waals surface area contributed by atoms with E-state index in [0.717, 1.165) is 17.7 Å². The summed E-state index contributed by atoms with van der Waals surface area (Å²) in [6.07, 6.45) is 3.67. The average Bonchev–Trinajstić information content (AvgIpc) is 3.15. The fourth-order valence-corrected chi connectivity index (χ4v) is 3.11. The average molecular weight is 294 g/mol. The van der Waals surface area contributed by atoms with Crippen molar-refractivity contribution in [2.24, 2.45) is 0 Å². The molecular weight excluding hydrogens is 276 g/mol. The van der Waals surface area contributed by atoms with Crippen LogP contribution >= 0.6 is 11.3 Å². The van der Waals surface area contributed by atoms with Crippen molar-refractivity contribution in [3.63, 3.8) is 0 Å².